The molecular weight excluding hydrogens is 543 g/mol. The Morgan fingerprint density at radius 2 is 1.19 bits per heavy atom. The minimum Gasteiger partial charge on any atom is -0.454 e. The molecule has 2 aromatic heterocycles. The average Bonchev–Trinajstić information content (AvgIpc) is 3.64. The summed E-state index contributed by atoms with van der Waals surface area (Å²) in [5, 5.41) is 7.36. The topological polar surface area (TPSA) is 16.4 Å². The minimum atomic E-state index is 0.905. The Kier molecular flexibility index (Phi) is 5.40. The molecule has 0 atom stereocenters. The van der Waals surface area contributed by atoms with E-state index in [0.717, 1.165) is 33.6 Å². The van der Waals surface area contributed by atoms with Gasteiger partial charge in [0.05, 0.1) is 5.69 Å². The van der Waals surface area contributed by atoms with Crippen molar-refractivity contribution in [3.05, 3.63) is 152 Å². The highest BCUT2D eigenvalue weighted by Crippen LogP contribution is 2.49. The van der Waals surface area contributed by atoms with Gasteiger partial charge < -0.3 is 9.32 Å². The zero-order valence-electron chi connectivity index (χ0n) is 23.2. The number of thiophene rings is 1. The van der Waals surface area contributed by atoms with Gasteiger partial charge in [-0.25, -0.2) is 0 Å². The molecule has 7 aromatic carbocycles. The SMILES string of the molecule is c1ccc(N(c2ccc(-c3cccc4ccccc34)cc2)c2cc3c4ccccc4sc3c3c2oc2ccccc23)cc1. The summed E-state index contributed by atoms with van der Waals surface area (Å²) in [5.41, 5.74) is 7.44. The minimum absolute atomic E-state index is 0.905. The predicted octanol–water partition coefficient (Wildman–Crippen LogP) is 12.2. The first-order chi connectivity index (χ1) is 21.3. The number of furan rings is 1. The summed E-state index contributed by atoms with van der Waals surface area (Å²) in [6.45, 7) is 0. The van der Waals surface area contributed by atoms with Crippen LogP contribution >= 0.6 is 11.3 Å². The van der Waals surface area contributed by atoms with E-state index in [1.165, 1.54) is 47.5 Å². The highest BCUT2D eigenvalue weighted by Gasteiger charge is 2.23. The quantitative estimate of drug-likeness (QED) is 0.210. The van der Waals surface area contributed by atoms with E-state index >= 15 is 0 Å². The number of fused-ring (bicyclic) bond motifs is 8. The number of para-hydroxylation sites is 2. The molecule has 3 heteroatoms. The molecule has 0 N–H and O–H groups in total. The molecule has 0 amide bonds. The van der Waals surface area contributed by atoms with Crippen molar-refractivity contribution in [3.8, 4) is 11.1 Å². The molecule has 2 heterocycles. The second-order valence-electron chi connectivity index (χ2n) is 10.9. The monoisotopic (exact) mass is 567 g/mol. The third kappa shape index (κ3) is 3.79. The van der Waals surface area contributed by atoms with Gasteiger partial charge in [-0.05, 0) is 64.4 Å². The third-order valence-corrected chi connectivity index (χ3v) is 9.66. The number of nitrogens with zero attached hydrogens (tertiary/aromatic N) is 1. The van der Waals surface area contributed by atoms with Crippen molar-refractivity contribution < 1.29 is 4.42 Å². The number of anilines is 3. The molecule has 9 aromatic rings. The van der Waals surface area contributed by atoms with Crippen molar-refractivity contribution in [1.29, 1.82) is 0 Å². The molecule has 0 unspecified atom stereocenters. The maximum Gasteiger partial charge on any atom is 0.160 e. The molecule has 2 nitrogen and oxygen atoms in total. The molecule has 0 aliphatic carbocycles. The molecule has 0 spiro atoms. The Morgan fingerprint density at radius 3 is 2.05 bits per heavy atom. The largest absolute Gasteiger partial charge is 0.454 e. The summed E-state index contributed by atoms with van der Waals surface area (Å²) < 4.78 is 9.27. The Labute approximate surface area is 252 Å². The summed E-state index contributed by atoms with van der Waals surface area (Å²) in [7, 11) is 0. The van der Waals surface area contributed by atoms with Crippen molar-refractivity contribution in [2.75, 3.05) is 4.90 Å². The molecule has 0 aliphatic rings. The average molecular weight is 568 g/mol. The summed E-state index contributed by atoms with van der Waals surface area (Å²) in [5.74, 6) is 0. The highest BCUT2D eigenvalue weighted by molar-refractivity contribution is 7.26. The van der Waals surface area contributed by atoms with Gasteiger partial charge in [-0.2, -0.15) is 0 Å². The fourth-order valence-corrected chi connectivity index (χ4v) is 7.72. The van der Waals surface area contributed by atoms with E-state index < -0.39 is 0 Å². The van der Waals surface area contributed by atoms with Crippen LogP contribution in [0.15, 0.2) is 156 Å². The van der Waals surface area contributed by atoms with Gasteiger partial charge in [0.15, 0.2) is 5.58 Å². The van der Waals surface area contributed by atoms with Crippen LogP contribution in [0, 0.1) is 0 Å². The standard InChI is InChI=1S/C40H25NOS/c1-2-13-28(14-3-1)41(29-23-21-27(22-24-29)31-18-10-12-26-11-4-5-15-30(26)31)35-25-34-32-16-7-9-20-37(32)43-40(34)38-33-17-6-8-19-36(33)42-39(35)38/h1-25H. The molecule has 0 aliphatic heterocycles. The Balaban J connectivity index is 1.32. The predicted molar refractivity (Wildman–Crippen MR) is 184 cm³/mol. The van der Waals surface area contributed by atoms with Crippen LogP contribution in [-0.4, -0.2) is 0 Å². The first-order valence-electron chi connectivity index (χ1n) is 14.5. The maximum atomic E-state index is 6.72. The third-order valence-electron chi connectivity index (χ3n) is 8.45. The maximum absolute atomic E-state index is 6.72. The van der Waals surface area contributed by atoms with E-state index in [9.17, 15) is 0 Å². The lowest BCUT2D eigenvalue weighted by atomic mass is 9.98. The molecule has 0 fully saturated rings. The van der Waals surface area contributed by atoms with Gasteiger partial charge in [0.2, 0.25) is 0 Å². The van der Waals surface area contributed by atoms with Crippen molar-refractivity contribution in [2.24, 2.45) is 0 Å². The summed E-state index contributed by atoms with van der Waals surface area (Å²) in [6.07, 6.45) is 0. The fraction of sp³-hybridized carbons (Fsp3) is 0. The molecule has 0 bridgehead atoms. The van der Waals surface area contributed by atoms with Gasteiger partial charge in [0.1, 0.15) is 5.58 Å². The molecule has 43 heavy (non-hydrogen) atoms. The number of benzene rings is 7. The summed E-state index contributed by atoms with van der Waals surface area (Å²) in [4.78, 5) is 2.34. The molecule has 202 valence electrons. The zero-order chi connectivity index (χ0) is 28.3. The van der Waals surface area contributed by atoms with Gasteiger partial charge in [0.25, 0.3) is 0 Å². The van der Waals surface area contributed by atoms with Gasteiger partial charge in [-0.15, -0.1) is 11.3 Å². The molecular formula is C40H25NOS. The number of hydrogen-bond acceptors (Lipinski definition) is 3. The second kappa shape index (κ2) is 9.59. The first kappa shape index (κ1) is 24.2. The van der Waals surface area contributed by atoms with Crippen LogP contribution in [0.25, 0.3) is 64.0 Å². The van der Waals surface area contributed by atoms with Crippen molar-refractivity contribution >= 4 is 81.3 Å². The molecule has 0 radical (unpaired) electrons. The van der Waals surface area contributed by atoms with Crippen molar-refractivity contribution in [1.82, 2.24) is 0 Å². The fourth-order valence-electron chi connectivity index (χ4n) is 6.49. The van der Waals surface area contributed by atoms with Crippen LogP contribution < -0.4 is 4.90 Å². The van der Waals surface area contributed by atoms with E-state index in [1.54, 1.807) is 0 Å². The Morgan fingerprint density at radius 1 is 0.512 bits per heavy atom. The van der Waals surface area contributed by atoms with Gasteiger partial charge in [0, 0.05) is 42.3 Å². The molecule has 0 saturated carbocycles. The van der Waals surface area contributed by atoms with Gasteiger partial charge >= 0.3 is 0 Å². The van der Waals surface area contributed by atoms with Crippen LogP contribution in [-0.2, 0) is 0 Å². The Hall–Kier alpha value is -5.38. The van der Waals surface area contributed by atoms with E-state index in [-0.39, 0.29) is 0 Å². The van der Waals surface area contributed by atoms with Crippen molar-refractivity contribution in [3.63, 3.8) is 0 Å². The smallest absolute Gasteiger partial charge is 0.160 e. The first-order valence-corrected chi connectivity index (χ1v) is 15.3. The van der Waals surface area contributed by atoms with E-state index in [4.69, 9.17) is 4.42 Å². The van der Waals surface area contributed by atoms with Crippen LogP contribution in [0.3, 0.4) is 0 Å². The number of rotatable bonds is 4. The van der Waals surface area contributed by atoms with Crippen LogP contribution in [0.5, 0.6) is 0 Å². The number of hydrogen-bond donors (Lipinski definition) is 0. The lowest BCUT2D eigenvalue weighted by Crippen LogP contribution is -2.10. The van der Waals surface area contributed by atoms with Crippen LogP contribution in [0.1, 0.15) is 0 Å². The summed E-state index contributed by atoms with van der Waals surface area (Å²) in [6, 6.07) is 54.1. The summed E-state index contributed by atoms with van der Waals surface area (Å²) >= 11 is 1.84. The second-order valence-corrected chi connectivity index (χ2v) is 12.0. The van der Waals surface area contributed by atoms with Gasteiger partial charge in [-0.3, -0.25) is 0 Å². The van der Waals surface area contributed by atoms with Crippen LogP contribution in [0.2, 0.25) is 0 Å². The van der Waals surface area contributed by atoms with E-state index in [2.05, 4.69) is 150 Å². The van der Waals surface area contributed by atoms with Gasteiger partial charge in [-0.1, -0.05) is 109 Å². The molecule has 9 rings (SSSR count). The zero-order valence-corrected chi connectivity index (χ0v) is 24.0. The lowest BCUT2D eigenvalue weighted by molar-refractivity contribution is 0.669. The highest BCUT2D eigenvalue weighted by atomic mass is 32.1. The molecule has 0 saturated heterocycles. The Bertz CT molecular complexity index is 2450. The lowest BCUT2D eigenvalue weighted by Gasteiger charge is -2.26. The normalized spacial score (nSPS) is 11.7. The van der Waals surface area contributed by atoms with Crippen molar-refractivity contribution in [2.45, 2.75) is 0 Å². The van der Waals surface area contributed by atoms with E-state index in [0.29, 0.717) is 0 Å². The van der Waals surface area contributed by atoms with E-state index in [1.807, 2.05) is 17.4 Å². The van der Waals surface area contributed by atoms with Crippen LogP contribution in [0.4, 0.5) is 17.1 Å².